The maximum absolute atomic E-state index is 13.4. The Bertz CT molecular complexity index is 497. The van der Waals surface area contributed by atoms with E-state index in [9.17, 15) is 4.39 Å². The lowest BCUT2D eigenvalue weighted by Crippen LogP contribution is -2.04. The Morgan fingerprint density at radius 2 is 2.25 bits per heavy atom. The molecule has 0 unspecified atom stereocenters. The number of halogens is 1. The van der Waals surface area contributed by atoms with Crippen LogP contribution in [0, 0.1) is 12.7 Å². The van der Waals surface area contributed by atoms with Crippen LogP contribution in [0.2, 0.25) is 0 Å². The van der Waals surface area contributed by atoms with Crippen molar-refractivity contribution in [3.8, 4) is 5.75 Å². The molecule has 84 valence electrons. The fraction of sp³-hybridized carbons (Fsp3) is 0.300. The zero-order valence-electron chi connectivity index (χ0n) is 9.01. The minimum absolute atomic E-state index is 0.234. The summed E-state index contributed by atoms with van der Waals surface area (Å²) in [5.41, 5.74) is 0.786. The predicted octanol–water partition coefficient (Wildman–Crippen LogP) is 1.18. The van der Waals surface area contributed by atoms with Crippen LogP contribution >= 0.6 is 0 Å². The number of hydrogen-bond donors (Lipinski definition) is 0. The van der Waals surface area contributed by atoms with E-state index in [-0.39, 0.29) is 11.6 Å². The number of benzene rings is 1. The first-order chi connectivity index (χ1) is 7.70. The van der Waals surface area contributed by atoms with Crippen molar-refractivity contribution in [1.82, 2.24) is 20.2 Å². The first-order valence-corrected chi connectivity index (χ1v) is 4.76. The molecule has 1 aromatic carbocycles. The Morgan fingerprint density at radius 1 is 1.44 bits per heavy atom. The third-order valence-electron chi connectivity index (χ3n) is 2.26. The fourth-order valence-corrected chi connectivity index (χ4v) is 1.38. The molecule has 0 aliphatic heterocycles. The largest absolute Gasteiger partial charge is 0.494 e. The van der Waals surface area contributed by atoms with Crippen molar-refractivity contribution in [3.63, 3.8) is 0 Å². The summed E-state index contributed by atoms with van der Waals surface area (Å²) in [6.45, 7) is 2.24. The van der Waals surface area contributed by atoms with Gasteiger partial charge in [-0.15, -0.1) is 5.10 Å². The molecule has 2 rings (SSSR count). The van der Waals surface area contributed by atoms with E-state index in [1.165, 1.54) is 13.2 Å². The van der Waals surface area contributed by atoms with Crippen molar-refractivity contribution in [2.75, 3.05) is 7.11 Å². The second kappa shape index (κ2) is 4.26. The summed E-state index contributed by atoms with van der Waals surface area (Å²) in [5, 5.41) is 11.1. The molecule has 0 bridgehead atoms. The first kappa shape index (κ1) is 10.5. The Morgan fingerprint density at radius 3 is 2.81 bits per heavy atom. The van der Waals surface area contributed by atoms with Gasteiger partial charge >= 0.3 is 0 Å². The van der Waals surface area contributed by atoms with Gasteiger partial charge in [-0.3, -0.25) is 0 Å². The van der Waals surface area contributed by atoms with Gasteiger partial charge in [-0.05, 0) is 35.0 Å². The molecule has 16 heavy (non-hydrogen) atoms. The van der Waals surface area contributed by atoms with E-state index in [1.54, 1.807) is 23.7 Å². The SMILES string of the molecule is COc1ccc(Cn2nnnc2C)cc1F. The molecule has 1 aromatic heterocycles. The van der Waals surface area contributed by atoms with Crippen molar-refractivity contribution in [3.05, 3.63) is 35.4 Å². The molecule has 0 saturated carbocycles. The van der Waals surface area contributed by atoms with Gasteiger partial charge in [-0.2, -0.15) is 0 Å². The van der Waals surface area contributed by atoms with Crippen LogP contribution in [-0.2, 0) is 6.54 Å². The van der Waals surface area contributed by atoms with Crippen LogP contribution in [0.3, 0.4) is 0 Å². The van der Waals surface area contributed by atoms with E-state index in [1.807, 2.05) is 0 Å². The van der Waals surface area contributed by atoms with E-state index in [2.05, 4.69) is 15.5 Å². The van der Waals surface area contributed by atoms with Crippen LogP contribution in [0.4, 0.5) is 4.39 Å². The number of ether oxygens (including phenoxy) is 1. The molecule has 5 nitrogen and oxygen atoms in total. The molecule has 0 atom stereocenters. The highest BCUT2D eigenvalue weighted by Gasteiger charge is 2.06. The van der Waals surface area contributed by atoms with Gasteiger partial charge in [0.15, 0.2) is 11.6 Å². The van der Waals surface area contributed by atoms with Crippen LogP contribution in [0.25, 0.3) is 0 Å². The molecule has 0 spiro atoms. The van der Waals surface area contributed by atoms with E-state index in [0.717, 1.165) is 5.56 Å². The highest BCUT2D eigenvalue weighted by molar-refractivity contribution is 5.29. The standard InChI is InChI=1S/C10H11FN4O/c1-7-12-13-14-15(7)6-8-3-4-10(16-2)9(11)5-8/h3-5H,6H2,1-2H3. The van der Waals surface area contributed by atoms with Crippen LogP contribution < -0.4 is 4.74 Å². The highest BCUT2D eigenvalue weighted by Crippen LogP contribution is 2.18. The number of methoxy groups -OCH3 is 1. The van der Waals surface area contributed by atoms with Gasteiger partial charge in [0.2, 0.25) is 0 Å². The van der Waals surface area contributed by atoms with Crippen molar-refractivity contribution in [2.24, 2.45) is 0 Å². The molecule has 0 N–H and O–H groups in total. The average Bonchev–Trinajstić information content (AvgIpc) is 2.65. The Hall–Kier alpha value is -1.98. The summed E-state index contributed by atoms with van der Waals surface area (Å²) in [4.78, 5) is 0. The molecular formula is C10H11FN4O. The second-order valence-electron chi connectivity index (χ2n) is 3.35. The summed E-state index contributed by atoms with van der Waals surface area (Å²) in [6, 6.07) is 4.79. The smallest absolute Gasteiger partial charge is 0.165 e. The average molecular weight is 222 g/mol. The molecule has 0 saturated heterocycles. The third-order valence-corrected chi connectivity index (χ3v) is 2.26. The van der Waals surface area contributed by atoms with Gasteiger partial charge < -0.3 is 4.74 Å². The van der Waals surface area contributed by atoms with Crippen molar-refractivity contribution in [1.29, 1.82) is 0 Å². The number of rotatable bonds is 3. The Balaban J connectivity index is 2.23. The van der Waals surface area contributed by atoms with Crippen molar-refractivity contribution < 1.29 is 9.13 Å². The number of hydrogen-bond acceptors (Lipinski definition) is 4. The molecule has 0 radical (unpaired) electrons. The minimum Gasteiger partial charge on any atom is -0.494 e. The van der Waals surface area contributed by atoms with Crippen LogP contribution in [0.15, 0.2) is 18.2 Å². The van der Waals surface area contributed by atoms with Crippen LogP contribution in [0.1, 0.15) is 11.4 Å². The second-order valence-corrected chi connectivity index (χ2v) is 3.35. The number of aryl methyl sites for hydroxylation is 1. The lowest BCUT2D eigenvalue weighted by molar-refractivity contribution is 0.386. The summed E-state index contributed by atoms with van der Waals surface area (Å²) < 4.78 is 19.8. The quantitative estimate of drug-likeness (QED) is 0.782. The minimum atomic E-state index is -0.384. The van der Waals surface area contributed by atoms with Gasteiger partial charge in [0.25, 0.3) is 0 Å². The number of aromatic nitrogens is 4. The van der Waals surface area contributed by atoms with E-state index in [4.69, 9.17) is 4.74 Å². The van der Waals surface area contributed by atoms with E-state index >= 15 is 0 Å². The fourth-order valence-electron chi connectivity index (χ4n) is 1.38. The molecule has 1 heterocycles. The summed E-state index contributed by atoms with van der Waals surface area (Å²) in [6.07, 6.45) is 0. The Kier molecular flexibility index (Phi) is 2.80. The van der Waals surface area contributed by atoms with Crippen molar-refractivity contribution >= 4 is 0 Å². The zero-order valence-corrected chi connectivity index (χ0v) is 9.01. The summed E-state index contributed by atoms with van der Waals surface area (Å²) in [7, 11) is 1.43. The first-order valence-electron chi connectivity index (χ1n) is 4.76. The molecular weight excluding hydrogens is 211 g/mol. The van der Waals surface area contributed by atoms with Gasteiger partial charge in [0, 0.05) is 0 Å². The number of nitrogens with zero attached hydrogens (tertiary/aromatic N) is 4. The predicted molar refractivity (Wildman–Crippen MR) is 54.6 cm³/mol. The Labute approximate surface area is 91.8 Å². The number of tetrazole rings is 1. The van der Waals surface area contributed by atoms with Crippen molar-refractivity contribution in [2.45, 2.75) is 13.5 Å². The maximum atomic E-state index is 13.4. The lowest BCUT2D eigenvalue weighted by Gasteiger charge is -2.05. The van der Waals surface area contributed by atoms with Crippen LogP contribution in [0.5, 0.6) is 5.75 Å². The third kappa shape index (κ3) is 2.00. The van der Waals surface area contributed by atoms with E-state index in [0.29, 0.717) is 12.4 Å². The van der Waals surface area contributed by atoms with Gasteiger partial charge in [0.05, 0.1) is 13.7 Å². The molecule has 0 aliphatic carbocycles. The van der Waals surface area contributed by atoms with Gasteiger partial charge in [0.1, 0.15) is 5.82 Å². The molecule has 0 aliphatic rings. The zero-order chi connectivity index (χ0) is 11.5. The topological polar surface area (TPSA) is 52.8 Å². The highest BCUT2D eigenvalue weighted by atomic mass is 19.1. The molecule has 6 heteroatoms. The maximum Gasteiger partial charge on any atom is 0.165 e. The normalized spacial score (nSPS) is 10.4. The lowest BCUT2D eigenvalue weighted by atomic mass is 10.2. The molecule has 0 fully saturated rings. The van der Waals surface area contributed by atoms with Gasteiger partial charge in [-0.1, -0.05) is 6.07 Å². The summed E-state index contributed by atoms with van der Waals surface area (Å²) >= 11 is 0. The monoisotopic (exact) mass is 222 g/mol. The molecule has 2 aromatic rings. The summed E-state index contributed by atoms with van der Waals surface area (Å²) in [5.74, 6) is 0.541. The van der Waals surface area contributed by atoms with Gasteiger partial charge in [-0.25, -0.2) is 9.07 Å². The van der Waals surface area contributed by atoms with Crippen LogP contribution in [-0.4, -0.2) is 27.3 Å². The molecule has 0 amide bonds. The van der Waals surface area contributed by atoms with E-state index < -0.39 is 0 Å².